The smallest absolute Gasteiger partial charge is 0.162 e. The standard InChI is InChI=1S/C39H24N4/c1-3-13-25(14-4-1)37-30-23-24-34-36(35(30)27-17-7-10-20-31(27)40-37)29-19-9-12-22-33(29)43(34)39-28-18-8-11-21-32(28)41-38(42-39)26-15-5-2-6-16-26/h1-24H. The minimum atomic E-state index is 0.710. The SMILES string of the molecule is c1ccc(-c2nc(-n3c4ccccc4c4c5c(ccc43)c(-c3ccccc3)nc3ccccc35)c3ccccc3n2)cc1. The quantitative estimate of drug-likeness (QED) is 0.206. The molecule has 6 aromatic carbocycles. The van der Waals surface area contributed by atoms with E-state index in [4.69, 9.17) is 15.0 Å². The van der Waals surface area contributed by atoms with Crippen molar-refractivity contribution in [3.63, 3.8) is 0 Å². The average Bonchev–Trinajstić information content (AvgIpc) is 3.42. The van der Waals surface area contributed by atoms with E-state index in [1.165, 1.54) is 16.2 Å². The summed E-state index contributed by atoms with van der Waals surface area (Å²) in [6.45, 7) is 0. The van der Waals surface area contributed by atoms with Crippen molar-refractivity contribution in [2.45, 2.75) is 0 Å². The Morgan fingerprint density at radius 1 is 0.372 bits per heavy atom. The molecular weight excluding hydrogens is 524 g/mol. The highest BCUT2D eigenvalue weighted by Gasteiger charge is 2.21. The highest BCUT2D eigenvalue weighted by Crippen LogP contribution is 2.42. The second kappa shape index (κ2) is 9.33. The van der Waals surface area contributed by atoms with Crippen LogP contribution in [0.3, 0.4) is 0 Å². The molecule has 0 radical (unpaired) electrons. The van der Waals surface area contributed by atoms with Crippen LogP contribution < -0.4 is 0 Å². The molecule has 4 nitrogen and oxygen atoms in total. The molecule has 3 aromatic heterocycles. The molecule has 0 aliphatic rings. The summed E-state index contributed by atoms with van der Waals surface area (Å²) in [5.74, 6) is 1.58. The first-order chi connectivity index (χ1) is 21.3. The minimum Gasteiger partial charge on any atom is -0.293 e. The second-order valence-electron chi connectivity index (χ2n) is 10.8. The van der Waals surface area contributed by atoms with Crippen LogP contribution in [0.25, 0.3) is 82.8 Å². The van der Waals surface area contributed by atoms with Gasteiger partial charge in [0.05, 0.1) is 27.8 Å². The lowest BCUT2D eigenvalue weighted by Gasteiger charge is -2.14. The molecule has 0 unspecified atom stereocenters. The van der Waals surface area contributed by atoms with Crippen LogP contribution in [0, 0.1) is 0 Å². The Hall–Kier alpha value is -5.87. The van der Waals surface area contributed by atoms with Crippen LogP contribution in [-0.2, 0) is 0 Å². The normalized spacial score (nSPS) is 11.7. The van der Waals surface area contributed by atoms with Gasteiger partial charge in [0.2, 0.25) is 0 Å². The molecule has 0 aliphatic carbocycles. The molecule has 0 N–H and O–H groups in total. The first-order valence-electron chi connectivity index (χ1n) is 14.5. The van der Waals surface area contributed by atoms with Crippen LogP contribution in [0.5, 0.6) is 0 Å². The lowest BCUT2D eigenvalue weighted by Crippen LogP contribution is -2.02. The van der Waals surface area contributed by atoms with Gasteiger partial charge >= 0.3 is 0 Å². The van der Waals surface area contributed by atoms with Crippen LogP contribution in [0.15, 0.2) is 146 Å². The van der Waals surface area contributed by atoms with E-state index < -0.39 is 0 Å². The summed E-state index contributed by atoms with van der Waals surface area (Å²) in [5.41, 5.74) is 7.20. The summed E-state index contributed by atoms with van der Waals surface area (Å²) < 4.78 is 2.32. The number of hydrogen-bond acceptors (Lipinski definition) is 3. The van der Waals surface area contributed by atoms with Gasteiger partial charge in [-0.05, 0) is 30.3 Å². The third kappa shape index (κ3) is 3.60. The number of hydrogen-bond donors (Lipinski definition) is 0. The highest BCUT2D eigenvalue weighted by atomic mass is 15.1. The third-order valence-electron chi connectivity index (χ3n) is 8.37. The van der Waals surface area contributed by atoms with Gasteiger partial charge in [0, 0.05) is 43.4 Å². The zero-order valence-electron chi connectivity index (χ0n) is 23.1. The molecule has 0 saturated carbocycles. The van der Waals surface area contributed by atoms with Gasteiger partial charge in [0.15, 0.2) is 5.82 Å². The molecule has 43 heavy (non-hydrogen) atoms. The molecule has 0 aliphatic heterocycles. The highest BCUT2D eigenvalue weighted by molar-refractivity contribution is 6.29. The molecule has 0 atom stereocenters. The molecule has 0 spiro atoms. The first kappa shape index (κ1) is 23.8. The maximum atomic E-state index is 5.26. The molecular formula is C39H24N4. The summed E-state index contributed by atoms with van der Waals surface area (Å²) in [6.07, 6.45) is 0. The lowest BCUT2D eigenvalue weighted by molar-refractivity contribution is 1.08. The van der Waals surface area contributed by atoms with E-state index in [9.17, 15) is 0 Å². The third-order valence-corrected chi connectivity index (χ3v) is 8.37. The van der Waals surface area contributed by atoms with E-state index in [0.717, 1.165) is 60.9 Å². The lowest BCUT2D eigenvalue weighted by atomic mass is 9.96. The number of para-hydroxylation sites is 3. The van der Waals surface area contributed by atoms with Crippen molar-refractivity contribution in [1.29, 1.82) is 0 Å². The molecule has 3 heterocycles. The molecule has 9 rings (SSSR count). The van der Waals surface area contributed by atoms with E-state index in [2.05, 4.69) is 120 Å². The van der Waals surface area contributed by atoms with Gasteiger partial charge in [-0.2, -0.15) is 0 Å². The van der Waals surface area contributed by atoms with E-state index in [1.54, 1.807) is 0 Å². The Labute approximate surface area is 247 Å². The van der Waals surface area contributed by atoms with Crippen LogP contribution >= 0.6 is 0 Å². The number of aromatic nitrogens is 4. The number of pyridine rings is 1. The topological polar surface area (TPSA) is 43.6 Å². The Morgan fingerprint density at radius 2 is 0.977 bits per heavy atom. The molecule has 0 amide bonds. The van der Waals surface area contributed by atoms with Crippen molar-refractivity contribution in [1.82, 2.24) is 19.5 Å². The van der Waals surface area contributed by atoms with E-state index in [1.807, 2.05) is 30.3 Å². The van der Waals surface area contributed by atoms with Crippen LogP contribution in [0.4, 0.5) is 0 Å². The van der Waals surface area contributed by atoms with Crippen molar-refractivity contribution in [2.24, 2.45) is 0 Å². The maximum absolute atomic E-state index is 5.26. The van der Waals surface area contributed by atoms with E-state index >= 15 is 0 Å². The van der Waals surface area contributed by atoms with Crippen LogP contribution in [0.2, 0.25) is 0 Å². The predicted molar refractivity (Wildman–Crippen MR) is 178 cm³/mol. The number of nitrogens with zero attached hydrogens (tertiary/aromatic N) is 4. The fourth-order valence-electron chi connectivity index (χ4n) is 6.49. The zero-order valence-corrected chi connectivity index (χ0v) is 23.1. The van der Waals surface area contributed by atoms with Gasteiger partial charge in [-0.3, -0.25) is 4.57 Å². The summed E-state index contributed by atoms with van der Waals surface area (Å²) in [7, 11) is 0. The number of rotatable bonds is 3. The monoisotopic (exact) mass is 548 g/mol. The fraction of sp³-hybridized carbons (Fsp3) is 0. The molecule has 4 heteroatoms. The van der Waals surface area contributed by atoms with Crippen molar-refractivity contribution in [2.75, 3.05) is 0 Å². The van der Waals surface area contributed by atoms with Crippen molar-refractivity contribution >= 4 is 54.4 Å². The van der Waals surface area contributed by atoms with Gasteiger partial charge in [-0.15, -0.1) is 0 Å². The van der Waals surface area contributed by atoms with E-state index in [-0.39, 0.29) is 0 Å². The van der Waals surface area contributed by atoms with Gasteiger partial charge in [-0.25, -0.2) is 15.0 Å². The number of benzene rings is 6. The average molecular weight is 549 g/mol. The largest absolute Gasteiger partial charge is 0.293 e. The summed E-state index contributed by atoms with van der Waals surface area (Å²) >= 11 is 0. The van der Waals surface area contributed by atoms with Crippen molar-refractivity contribution < 1.29 is 0 Å². The Bertz CT molecular complexity index is 2500. The first-order valence-corrected chi connectivity index (χ1v) is 14.5. The van der Waals surface area contributed by atoms with Gasteiger partial charge in [0.1, 0.15) is 5.82 Å². The van der Waals surface area contributed by atoms with Crippen molar-refractivity contribution in [3.05, 3.63) is 146 Å². The molecule has 200 valence electrons. The minimum absolute atomic E-state index is 0.710. The predicted octanol–water partition coefficient (Wildman–Crippen LogP) is 9.76. The fourth-order valence-corrected chi connectivity index (χ4v) is 6.49. The summed E-state index contributed by atoms with van der Waals surface area (Å²) in [4.78, 5) is 15.4. The molecule has 0 bridgehead atoms. The summed E-state index contributed by atoms with van der Waals surface area (Å²) in [5, 5.41) is 6.88. The summed E-state index contributed by atoms with van der Waals surface area (Å²) in [6, 6.07) is 50.6. The Morgan fingerprint density at radius 3 is 1.74 bits per heavy atom. The zero-order chi connectivity index (χ0) is 28.3. The Balaban J connectivity index is 1.47. The van der Waals surface area contributed by atoms with Gasteiger partial charge in [-0.1, -0.05) is 115 Å². The van der Waals surface area contributed by atoms with Crippen LogP contribution in [-0.4, -0.2) is 19.5 Å². The molecule has 0 saturated heterocycles. The molecule has 9 aromatic rings. The number of fused-ring (bicyclic) bond motifs is 8. The van der Waals surface area contributed by atoms with E-state index in [0.29, 0.717) is 5.82 Å². The van der Waals surface area contributed by atoms with Gasteiger partial charge in [0.25, 0.3) is 0 Å². The van der Waals surface area contributed by atoms with Crippen molar-refractivity contribution in [3.8, 4) is 28.5 Å². The van der Waals surface area contributed by atoms with Crippen LogP contribution in [0.1, 0.15) is 0 Å². The maximum Gasteiger partial charge on any atom is 0.162 e. The van der Waals surface area contributed by atoms with Gasteiger partial charge < -0.3 is 0 Å². The molecule has 0 fully saturated rings. The Kier molecular flexibility index (Phi) is 5.16. The second-order valence-corrected chi connectivity index (χ2v) is 10.8.